The van der Waals surface area contributed by atoms with Crippen LogP contribution < -0.4 is 5.32 Å². The van der Waals surface area contributed by atoms with Crippen molar-refractivity contribution in [2.24, 2.45) is 0 Å². The van der Waals surface area contributed by atoms with Gasteiger partial charge in [0, 0.05) is 35.3 Å². The summed E-state index contributed by atoms with van der Waals surface area (Å²) in [6.45, 7) is 1.13. The van der Waals surface area contributed by atoms with Crippen molar-refractivity contribution in [2.45, 2.75) is 36.5 Å². The number of ketones is 1. The van der Waals surface area contributed by atoms with Crippen LogP contribution in [0, 0.1) is 0 Å². The Bertz CT molecular complexity index is 980. The molecule has 7 heteroatoms. The molecule has 3 heterocycles. The van der Waals surface area contributed by atoms with Crippen LogP contribution in [0.4, 0.5) is 4.39 Å². The highest BCUT2D eigenvalue weighted by Gasteiger charge is 2.56. The maximum absolute atomic E-state index is 14.0. The van der Waals surface area contributed by atoms with Crippen molar-refractivity contribution in [3.63, 3.8) is 0 Å². The van der Waals surface area contributed by atoms with Crippen molar-refractivity contribution in [2.75, 3.05) is 13.1 Å². The molecule has 1 N–H and O–H groups in total. The van der Waals surface area contributed by atoms with E-state index in [0.29, 0.717) is 35.7 Å². The summed E-state index contributed by atoms with van der Waals surface area (Å²) < 4.78 is 19.7. The number of carbonyl (C=O) groups is 2. The molecule has 2 aliphatic heterocycles. The molecule has 5 rings (SSSR count). The second-order valence-corrected chi connectivity index (χ2v) is 8.25. The van der Waals surface area contributed by atoms with E-state index < -0.39 is 23.2 Å². The molecule has 1 spiro atoms. The zero-order valence-electron chi connectivity index (χ0n) is 15.0. The van der Waals surface area contributed by atoms with Gasteiger partial charge < -0.3 is 10.1 Å². The SMILES string of the molecule is O=C1O[C@]2(CCNC2)c2c(C(=O)[C@]3(c4ccc(Cl)cc4)C[C@H](F)C3)ccnc21. The lowest BCUT2D eigenvalue weighted by Crippen LogP contribution is -2.49. The van der Waals surface area contributed by atoms with Crippen LogP contribution in [0.5, 0.6) is 0 Å². The third-order valence-corrected chi connectivity index (χ3v) is 6.47. The zero-order chi connectivity index (χ0) is 19.5. The lowest BCUT2D eigenvalue weighted by Gasteiger charge is -2.44. The number of esters is 1. The first-order chi connectivity index (χ1) is 13.5. The van der Waals surface area contributed by atoms with Gasteiger partial charge in [0.15, 0.2) is 17.1 Å². The molecule has 1 atom stereocenters. The van der Waals surface area contributed by atoms with E-state index in [9.17, 15) is 14.0 Å². The van der Waals surface area contributed by atoms with Crippen molar-refractivity contribution in [3.05, 3.63) is 63.9 Å². The summed E-state index contributed by atoms with van der Waals surface area (Å²) in [6.07, 6.45) is 1.23. The second-order valence-electron chi connectivity index (χ2n) is 7.82. The van der Waals surface area contributed by atoms with E-state index in [2.05, 4.69) is 10.3 Å². The first-order valence-corrected chi connectivity index (χ1v) is 9.71. The van der Waals surface area contributed by atoms with E-state index in [0.717, 1.165) is 5.56 Å². The van der Waals surface area contributed by atoms with Gasteiger partial charge in [-0.1, -0.05) is 23.7 Å². The Hall–Kier alpha value is -2.31. The van der Waals surface area contributed by atoms with Gasteiger partial charge in [0.2, 0.25) is 0 Å². The lowest BCUT2D eigenvalue weighted by molar-refractivity contribution is 0.000970. The minimum Gasteiger partial charge on any atom is -0.448 e. The quantitative estimate of drug-likeness (QED) is 0.632. The highest BCUT2D eigenvalue weighted by molar-refractivity contribution is 6.30. The van der Waals surface area contributed by atoms with Gasteiger partial charge in [-0.25, -0.2) is 14.2 Å². The molecule has 2 aromatic rings. The van der Waals surface area contributed by atoms with Crippen LogP contribution >= 0.6 is 11.6 Å². The minimum atomic E-state index is -1.03. The molecule has 1 saturated heterocycles. The smallest absolute Gasteiger partial charge is 0.358 e. The summed E-state index contributed by atoms with van der Waals surface area (Å²) in [5, 5.41) is 3.76. The molecule has 5 nitrogen and oxygen atoms in total. The predicted molar refractivity (Wildman–Crippen MR) is 100 cm³/mol. The third kappa shape index (κ3) is 2.37. The van der Waals surface area contributed by atoms with E-state index in [-0.39, 0.29) is 24.3 Å². The van der Waals surface area contributed by atoms with Crippen molar-refractivity contribution >= 4 is 23.4 Å². The first kappa shape index (κ1) is 17.8. The number of nitrogens with one attached hydrogen (secondary N) is 1. The largest absolute Gasteiger partial charge is 0.448 e. The topological polar surface area (TPSA) is 68.3 Å². The number of halogens is 2. The van der Waals surface area contributed by atoms with Crippen LogP contribution in [0.3, 0.4) is 0 Å². The Morgan fingerprint density at radius 3 is 2.64 bits per heavy atom. The fourth-order valence-electron chi connectivity index (χ4n) is 4.79. The van der Waals surface area contributed by atoms with Crippen LogP contribution in [0.15, 0.2) is 36.5 Å². The van der Waals surface area contributed by atoms with E-state index in [1.807, 2.05) is 0 Å². The fraction of sp³-hybridized carbons (Fsp3) is 0.381. The number of Topliss-reactive ketones (excluding diaryl/α,β-unsaturated/α-hetero) is 1. The number of nitrogens with zero attached hydrogens (tertiary/aromatic N) is 1. The molecule has 28 heavy (non-hydrogen) atoms. The first-order valence-electron chi connectivity index (χ1n) is 9.34. The summed E-state index contributed by atoms with van der Waals surface area (Å²) in [5.74, 6) is -0.696. The van der Waals surface area contributed by atoms with Crippen LogP contribution in [-0.2, 0) is 15.8 Å². The molecule has 0 amide bonds. The number of fused-ring (bicyclic) bond motifs is 2. The number of carbonyl (C=O) groups excluding carboxylic acids is 2. The molecule has 0 radical (unpaired) electrons. The summed E-state index contributed by atoms with van der Waals surface area (Å²) in [5.41, 5.74) is 0.0538. The lowest BCUT2D eigenvalue weighted by atomic mass is 9.59. The highest BCUT2D eigenvalue weighted by atomic mass is 35.5. The van der Waals surface area contributed by atoms with E-state index >= 15 is 0 Å². The maximum atomic E-state index is 14.0. The molecule has 2 fully saturated rings. The van der Waals surface area contributed by atoms with Crippen LogP contribution in [0.25, 0.3) is 0 Å². The zero-order valence-corrected chi connectivity index (χ0v) is 15.8. The molecule has 144 valence electrons. The average molecular weight is 401 g/mol. The fourth-order valence-corrected chi connectivity index (χ4v) is 4.91. The van der Waals surface area contributed by atoms with Crippen molar-refractivity contribution < 1.29 is 18.7 Å². The number of benzene rings is 1. The Morgan fingerprint density at radius 2 is 2.00 bits per heavy atom. The van der Waals surface area contributed by atoms with E-state index in [4.69, 9.17) is 16.3 Å². The Kier molecular flexibility index (Phi) is 3.87. The normalized spacial score (nSPS) is 30.8. The number of aromatic nitrogens is 1. The summed E-state index contributed by atoms with van der Waals surface area (Å²) >= 11 is 5.99. The minimum absolute atomic E-state index is 0.116. The Balaban J connectivity index is 1.65. The molecule has 1 aromatic carbocycles. The van der Waals surface area contributed by atoms with Gasteiger partial charge in [-0.05, 0) is 43.1 Å². The number of pyridine rings is 1. The standard InChI is InChI=1S/C21H18ClFN2O3/c22-13-3-1-12(2-4-13)20(9-14(23)10-20)18(26)15-5-7-25-17-16(15)21(28-19(17)27)6-8-24-11-21/h1-5,7,14,24H,6,8-11H2/t14-,20+,21-/m0/s1. The molecule has 0 bridgehead atoms. The number of alkyl halides is 1. The second kappa shape index (κ2) is 6.09. The summed E-state index contributed by atoms with van der Waals surface area (Å²) in [7, 11) is 0. The molecule has 1 aromatic heterocycles. The van der Waals surface area contributed by atoms with Gasteiger partial charge in [-0.2, -0.15) is 0 Å². The van der Waals surface area contributed by atoms with Crippen molar-refractivity contribution in [1.82, 2.24) is 10.3 Å². The Labute approximate surface area is 166 Å². The molecular weight excluding hydrogens is 383 g/mol. The number of rotatable bonds is 3. The van der Waals surface area contributed by atoms with E-state index in [1.165, 1.54) is 6.20 Å². The Morgan fingerprint density at radius 1 is 1.25 bits per heavy atom. The summed E-state index contributed by atoms with van der Waals surface area (Å²) in [6, 6.07) is 8.61. The molecule has 0 unspecified atom stereocenters. The molecular formula is C21H18ClFN2O3. The summed E-state index contributed by atoms with van der Waals surface area (Å²) in [4.78, 5) is 30.3. The van der Waals surface area contributed by atoms with Crippen molar-refractivity contribution in [1.29, 1.82) is 0 Å². The van der Waals surface area contributed by atoms with Gasteiger partial charge in [-0.15, -0.1) is 0 Å². The molecule has 3 aliphatic rings. The highest BCUT2D eigenvalue weighted by Crippen LogP contribution is 2.50. The molecule has 1 saturated carbocycles. The van der Waals surface area contributed by atoms with Gasteiger partial charge >= 0.3 is 5.97 Å². The van der Waals surface area contributed by atoms with Gasteiger partial charge in [-0.3, -0.25) is 4.79 Å². The molecule has 1 aliphatic carbocycles. The third-order valence-electron chi connectivity index (χ3n) is 6.22. The average Bonchev–Trinajstić information content (AvgIpc) is 3.24. The van der Waals surface area contributed by atoms with E-state index in [1.54, 1.807) is 30.3 Å². The number of hydrogen-bond acceptors (Lipinski definition) is 5. The van der Waals surface area contributed by atoms with Gasteiger partial charge in [0.1, 0.15) is 6.17 Å². The van der Waals surface area contributed by atoms with Crippen LogP contribution in [0.1, 0.15) is 51.2 Å². The monoisotopic (exact) mass is 400 g/mol. The van der Waals surface area contributed by atoms with Crippen molar-refractivity contribution in [3.8, 4) is 0 Å². The maximum Gasteiger partial charge on any atom is 0.358 e. The number of ether oxygens (including phenoxy) is 1. The van der Waals surface area contributed by atoms with Gasteiger partial charge in [0.05, 0.1) is 5.41 Å². The van der Waals surface area contributed by atoms with Gasteiger partial charge in [0.25, 0.3) is 0 Å². The predicted octanol–water partition coefficient (Wildman–Crippen LogP) is 3.35. The van der Waals surface area contributed by atoms with Crippen LogP contribution in [0.2, 0.25) is 5.02 Å². The van der Waals surface area contributed by atoms with Crippen LogP contribution in [-0.4, -0.2) is 36.0 Å². The number of hydrogen-bond donors (Lipinski definition) is 1.